The summed E-state index contributed by atoms with van der Waals surface area (Å²) in [6.45, 7) is 6.49. The standard InChI is InChI=1S/C68H116O6/c1-4-7-10-13-16-19-22-25-28-30-31-32-33-34-35-36-37-38-41-43-46-49-52-55-58-61-67(70)73-64-65(63-72-66(69)60-57-54-51-48-45-42-39-27-24-21-18-15-12-9-6-3)74-68(71)62-59-56-53-50-47-44-40-29-26-23-20-17-14-11-8-5-2/h7,10,16,18-19,21,25,27-29,31-32,34-35,39-40,65H,4-6,8-9,11-15,17,20,22-24,26,30,33,36-38,41-64H2,1-3H3/b10-7-,19-16-,21-18-,28-25-,32-31-,35-34-,39-27-,40-29-. The molecule has 6 nitrogen and oxygen atoms in total. The molecule has 0 aliphatic rings. The normalized spacial score (nSPS) is 12.7. The lowest BCUT2D eigenvalue weighted by molar-refractivity contribution is -0.167. The van der Waals surface area contributed by atoms with E-state index in [9.17, 15) is 14.4 Å². The average Bonchev–Trinajstić information content (AvgIpc) is 3.40. The van der Waals surface area contributed by atoms with Crippen LogP contribution in [0.1, 0.15) is 297 Å². The molecule has 0 saturated heterocycles. The predicted octanol–water partition coefficient (Wildman–Crippen LogP) is 21.3. The molecule has 0 heterocycles. The Morgan fingerprint density at radius 1 is 0.284 bits per heavy atom. The van der Waals surface area contributed by atoms with E-state index in [0.29, 0.717) is 19.3 Å². The Hall–Kier alpha value is -3.67. The van der Waals surface area contributed by atoms with Crippen molar-refractivity contribution in [2.24, 2.45) is 0 Å². The van der Waals surface area contributed by atoms with Crippen LogP contribution in [0.15, 0.2) is 97.2 Å². The second kappa shape index (κ2) is 61.9. The molecule has 1 unspecified atom stereocenters. The van der Waals surface area contributed by atoms with Gasteiger partial charge < -0.3 is 14.2 Å². The highest BCUT2D eigenvalue weighted by molar-refractivity contribution is 5.71. The topological polar surface area (TPSA) is 78.9 Å². The van der Waals surface area contributed by atoms with Gasteiger partial charge in [0.2, 0.25) is 0 Å². The van der Waals surface area contributed by atoms with Gasteiger partial charge in [0.25, 0.3) is 0 Å². The van der Waals surface area contributed by atoms with Gasteiger partial charge in [-0.3, -0.25) is 14.4 Å². The van der Waals surface area contributed by atoms with E-state index in [2.05, 4.69) is 118 Å². The SMILES string of the molecule is CC/C=C\C/C=C\C/C=C\C/C=C\C/C=C\CCCCCCCCCCCC(=O)OCC(COC(=O)CCCCCCC/C=C\C/C=C\CCCCC)OC(=O)CCCCCCC/C=C\CCCCCCCCC. The van der Waals surface area contributed by atoms with Gasteiger partial charge in [-0.2, -0.15) is 0 Å². The van der Waals surface area contributed by atoms with Gasteiger partial charge in [0.15, 0.2) is 6.10 Å². The summed E-state index contributed by atoms with van der Waals surface area (Å²) in [6.07, 6.45) is 82.6. The smallest absolute Gasteiger partial charge is 0.306 e. The summed E-state index contributed by atoms with van der Waals surface area (Å²) in [5.74, 6) is -0.908. The minimum absolute atomic E-state index is 0.0882. The number of esters is 3. The number of unbranched alkanes of at least 4 members (excludes halogenated alkanes) is 29. The molecule has 74 heavy (non-hydrogen) atoms. The van der Waals surface area contributed by atoms with Gasteiger partial charge in [-0.1, -0.05) is 253 Å². The van der Waals surface area contributed by atoms with Crippen molar-refractivity contribution in [2.75, 3.05) is 13.2 Å². The monoisotopic (exact) mass is 1030 g/mol. The number of hydrogen-bond acceptors (Lipinski definition) is 6. The van der Waals surface area contributed by atoms with Gasteiger partial charge in [-0.15, -0.1) is 0 Å². The Kier molecular flexibility index (Phi) is 58.8. The maximum Gasteiger partial charge on any atom is 0.306 e. The summed E-state index contributed by atoms with van der Waals surface area (Å²) < 4.78 is 16.9. The number of carbonyl (C=O) groups is 3. The van der Waals surface area contributed by atoms with Crippen molar-refractivity contribution in [1.29, 1.82) is 0 Å². The molecule has 0 amide bonds. The number of allylic oxidation sites excluding steroid dienone is 16. The molecule has 0 bridgehead atoms. The Labute approximate surface area is 457 Å². The largest absolute Gasteiger partial charge is 0.462 e. The molecule has 0 fully saturated rings. The first-order chi connectivity index (χ1) is 36.5. The first-order valence-corrected chi connectivity index (χ1v) is 31.2. The zero-order valence-corrected chi connectivity index (χ0v) is 48.6. The number of rotatable bonds is 56. The first-order valence-electron chi connectivity index (χ1n) is 31.2. The second-order valence-electron chi connectivity index (χ2n) is 20.6. The van der Waals surface area contributed by atoms with Gasteiger partial charge in [0, 0.05) is 19.3 Å². The molecule has 424 valence electrons. The van der Waals surface area contributed by atoms with Crippen molar-refractivity contribution in [3.8, 4) is 0 Å². The van der Waals surface area contributed by atoms with Crippen LogP contribution in [-0.4, -0.2) is 37.2 Å². The Bertz CT molecular complexity index is 1460. The maximum absolute atomic E-state index is 12.9. The quantitative estimate of drug-likeness (QED) is 0.0261. The first kappa shape index (κ1) is 70.3. The van der Waals surface area contributed by atoms with Crippen molar-refractivity contribution < 1.29 is 28.6 Å². The summed E-state index contributed by atoms with van der Waals surface area (Å²) >= 11 is 0. The number of ether oxygens (including phenoxy) is 3. The van der Waals surface area contributed by atoms with Crippen LogP contribution in [0.4, 0.5) is 0 Å². The molecular formula is C68H116O6. The highest BCUT2D eigenvalue weighted by Crippen LogP contribution is 2.15. The molecule has 0 N–H and O–H groups in total. The van der Waals surface area contributed by atoms with Crippen LogP contribution in [0.5, 0.6) is 0 Å². The van der Waals surface area contributed by atoms with Gasteiger partial charge in [0.05, 0.1) is 0 Å². The van der Waals surface area contributed by atoms with E-state index in [1.54, 1.807) is 0 Å². The zero-order valence-electron chi connectivity index (χ0n) is 48.6. The molecule has 0 aliphatic heterocycles. The summed E-state index contributed by atoms with van der Waals surface area (Å²) in [7, 11) is 0. The zero-order chi connectivity index (χ0) is 53.6. The molecule has 0 spiro atoms. The maximum atomic E-state index is 12.9. The van der Waals surface area contributed by atoms with E-state index in [1.165, 1.54) is 122 Å². The minimum atomic E-state index is -0.792. The van der Waals surface area contributed by atoms with Gasteiger partial charge in [-0.25, -0.2) is 0 Å². The number of carbonyl (C=O) groups excluding carboxylic acids is 3. The highest BCUT2D eigenvalue weighted by atomic mass is 16.6. The predicted molar refractivity (Wildman–Crippen MR) is 320 cm³/mol. The van der Waals surface area contributed by atoms with Gasteiger partial charge in [-0.05, 0) is 122 Å². The van der Waals surface area contributed by atoms with E-state index < -0.39 is 6.10 Å². The number of hydrogen-bond donors (Lipinski definition) is 0. The molecule has 0 rings (SSSR count). The van der Waals surface area contributed by atoms with Crippen LogP contribution in [0.3, 0.4) is 0 Å². The molecule has 0 saturated carbocycles. The van der Waals surface area contributed by atoms with Crippen LogP contribution in [0.2, 0.25) is 0 Å². The van der Waals surface area contributed by atoms with Gasteiger partial charge in [0.1, 0.15) is 13.2 Å². The van der Waals surface area contributed by atoms with E-state index in [0.717, 1.165) is 135 Å². The van der Waals surface area contributed by atoms with E-state index >= 15 is 0 Å². The van der Waals surface area contributed by atoms with E-state index in [-0.39, 0.29) is 31.1 Å². The second-order valence-corrected chi connectivity index (χ2v) is 20.6. The molecule has 0 aromatic rings. The summed E-state index contributed by atoms with van der Waals surface area (Å²) in [5.41, 5.74) is 0. The third-order valence-electron chi connectivity index (χ3n) is 13.3. The fourth-order valence-electron chi connectivity index (χ4n) is 8.61. The lowest BCUT2D eigenvalue weighted by Crippen LogP contribution is -2.30. The highest BCUT2D eigenvalue weighted by Gasteiger charge is 2.19. The van der Waals surface area contributed by atoms with Crippen molar-refractivity contribution in [3.63, 3.8) is 0 Å². The third-order valence-corrected chi connectivity index (χ3v) is 13.3. The summed E-state index contributed by atoms with van der Waals surface area (Å²) in [4.78, 5) is 38.3. The van der Waals surface area contributed by atoms with E-state index in [4.69, 9.17) is 14.2 Å². The van der Waals surface area contributed by atoms with Crippen LogP contribution >= 0.6 is 0 Å². The van der Waals surface area contributed by atoms with Crippen LogP contribution in [0.25, 0.3) is 0 Å². The fraction of sp³-hybridized carbons (Fsp3) is 0.721. The average molecular weight is 1030 g/mol. The lowest BCUT2D eigenvalue weighted by atomic mass is 10.1. The summed E-state index contributed by atoms with van der Waals surface area (Å²) in [6, 6.07) is 0. The van der Waals surface area contributed by atoms with Crippen LogP contribution in [0, 0.1) is 0 Å². The van der Waals surface area contributed by atoms with Gasteiger partial charge >= 0.3 is 17.9 Å². The molecule has 0 aromatic heterocycles. The molecule has 1 atom stereocenters. The van der Waals surface area contributed by atoms with Crippen LogP contribution in [-0.2, 0) is 28.6 Å². The van der Waals surface area contributed by atoms with E-state index in [1.807, 2.05) is 0 Å². The van der Waals surface area contributed by atoms with Crippen molar-refractivity contribution in [1.82, 2.24) is 0 Å². The Morgan fingerprint density at radius 3 is 0.865 bits per heavy atom. The van der Waals surface area contributed by atoms with Crippen molar-refractivity contribution >= 4 is 17.9 Å². The molecule has 0 aliphatic carbocycles. The fourth-order valence-corrected chi connectivity index (χ4v) is 8.61. The van der Waals surface area contributed by atoms with Crippen molar-refractivity contribution in [3.05, 3.63) is 97.2 Å². The van der Waals surface area contributed by atoms with Crippen molar-refractivity contribution in [2.45, 2.75) is 303 Å². The minimum Gasteiger partial charge on any atom is -0.462 e. The Balaban J connectivity index is 4.37. The lowest BCUT2D eigenvalue weighted by Gasteiger charge is -2.18. The molecule has 6 heteroatoms. The third kappa shape index (κ3) is 59.2. The molecular weight excluding hydrogens is 913 g/mol. The Morgan fingerprint density at radius 2 is 0.527 bits per heavy atom. The molecule has 0 aromatic carbocycles. The van der Waals surface area contributed by atoms with Crippen LogP contribution < -0.4 is 0 Å². The molecule has 0 radical (unpaired) electrons. The summed E-state index contributed by atoms with van der Waals surface area (Å²) in [5, 5.41) is 0.